The number of nitrogens with zero attached hydrogens (tertiary/aromatic N) is 1. The first-order chi connectivity index (χ1) is 12.6. The van der Waals surface area contributed by atoms with Crippen molar-refractivity contribution >= 4 is 46.3 Å². The van der Waals surface area contributed by atoms with Gasteiger partial charge in [-0.05, 0) is 36.4 Å². The number of hydrogen-bond acceptors (Lipinski definition) is 4. The molecule has 0 aliphatic carbocycles. The van der Waals surface area contributed by atoms with Gasteiger partial charge in [-0.1, -0.05) is 41.4 Å². The number of nitrogens with one attached hydrogen (secondary N) is 2. The number of ether oxygens (including phenoxy) is 1. The third kappa shape index (κ3) is 4.07. The van der Waals surface area contributed by atoms with Gasteiger partial charge >= 0.3 is 0 Å². The van der Waals surface area contributed by atoms with Crippen LogP contribution in [-0.4, -0.2) is 18.0 Å². The molecule has 0 unspecified atom stereocenters. The van der Waals surface area contributed by atoms with Crippen molar-refractivity contribution in [1.29, 1.82) is 0 Å². The van der Waals surface area contributed by atoms with E-state index in [1.165, 1.54) is 6.20 Å². The second kappa shape index (κ2) is 8.08. The van der Waals surface area contributed by atoms with Crippen LogP contribution in [-0.2, 0) is 0 Å². The fourth-order valence-corrected chi connectivity index (χ4v) is 2.82. The monoisotopic (exact) mass is 387 g/mol. The lowest BCUT2D eigenvalue weighted by Crippen LogP contribution is -2.13. The van der Waals surface area contributed by atoms with E-state index in [0.29, 0.717) is 38.6 Å². The summed E-state index contributed by atoms with van der Waals surface area (Å²) in [5, 5.41) is 6.78. The highest BCUT2D eigenvalue weighted by Gasteiger charge is 2.12. The van der Waals surface area contributed by atoms with Crippen LogP contribution in [0.25, 0.3) is 0 Å². The van der Waals surface area contributed by atoms with Gasteiger partial charge in [0.2, 0.25) is 0 Å². The van der Waals surface area contributed by atoms with Crippen molar-refractivity contribution in [2.75, 3.05) is 17.7 Å². The topological polar surface area (TPSA) is 63.2 Å². The van der Waals surface area contributed by atoms with Crippen LogP contribution in [0.4, 0.5) is 17.2 Å². The SMILES string of the molecule is COc1ccccc1NC(=O)c1ccnc(Nc2c(Cl)cccc2Cl)c1. The first kappa shape index (κ1) is 18.0. The molecule has 26 heavy (non-hydrogen) atoms. The minimum absolute atomic E-state index is 0.287. The molecular weight excluding hydrogens is 373 g/mol. The molecular formula is C19H15Cl2N3O2. The van der Waals surface area contributed by atoms with E-state index in [-0.39, 0.29) is 5.91 Å². The zero-order valence-electron chi connectivity index (χ0n) is 13.8. The molecule has 1 heterocycles. The zero-order valence-corrected chi connectivity index (χ0v) is 15.3. The predicted octanol–water partition coefficient (Wildman–Crippen LogP) is 5.39. The lowest BCUT2D eigenvalue weighted by atomic mass is 10.2. The fraction of sp³-hybridized carbons (Fsp3) is 0.0526. The molecule has 3 aromatic rings. The van der Waals surface area contributed by atoms with Crippen molar-refractivity contribution in [3.8, 4) is 5.75 Å². The molecule has 2 aromatic carbocycles. The van der Waals surface area contributed by atoms with E-state index in [4.69, 9.17) is 27.9 Å². The number of rotatable bonds is 5. The standard InChI is InChI=1S/C19H15Cl2N3O2/c1-26-16-8-3-2-7-15(16)23-19(25)12-9-10-22-17(11-12)24-18-13(20)5-4-6-14(18)21/h2-11H,1H3,(H,22,24)(H,23,25). The lowest BCUT2D eigenvalue weighted by molar-refractivity contribution is 0.102. The number of carbonyl (C=O) groups excluding carboxylic acids is 1. The van der Waals surface area contributed by atoms with Crippen LogP contribution in [0.1, 0.15) is 10.4 Å². The average Bonchev–Trinajstić information content (AvgIpc) is 2.65. The van der Waals surface area contributed by atoms with Gasteiger partial charge in [0.15, 0.2) is 0 Å². The Morgan fingerprint density at radius 3 is 2.50 bits per heavy atom. The molecule has 0 fully saturated rings. The summed E-state index contributed by atoms with van der Waals surface area (Å²) in [5.74, 6) is 0.744. The minimum atomic E-state index is -0.287. The number of carbonyl (C=O) groups is 1. The van der Waals surface area contributed by atoms with Gasteiger partial charge in [-0.3, -0.25) is 4.79 Å². The van der Waals surface area contributed by atoms with Gasteiger partial charge in [-0.25, -0.2) is 4.98 Å². The molecule has 1 aromatic heterocycles. The number of halogens is 2. The third-order valence-electron chi connectivity index (χ3n) is 3.59. The van der Waals surface area contributed by atoms with Gasteiger partial charge in [0.05, 0.1) is 28.5 Å². The molecule has 0 bridgehead atoms. The summed E-state index contributed by atoms with van der Waals surface area (Å²) in [5.41, 5.74) is 1.54. The smallest absolute Gasteiger partial charge is 0.255 e. The summed E-state index contributed by atoms with van der Waals surface area (Å²) in [7, 11) is 1.55. The highest BCUT2D eigenvalue weighted by molar-refractivity contribution is 6.39. The first-order valence-corrected chi connectivity index (χ1v) is 8.45. The fourth-order valence-electron chi connectivity index (χ4n) is 2.33. The van der Waals surface area contributed by atoms with Gasteiger partial charge in [-0.2, -0.15) is 0 Å². The number of benzene rings is 2. The van der Waals surface area contributed by atoms with Crippen molar-refractivity contribution in [3.63, 3.8) is 0 Å². The third-order valence-corrected chi connectivity index (χ3v) is 4.22. The maximum atomic E-state index is 12.5. The van der Waals surface area contributed by atoms with Crippen LogP contribution in [0.3, 0.4) is 0 Å². The molecule has 3 rings (SSSR count). The lowest BCUT2D eigenvalue weighted by Gasteiger charge is -2.12. The highest BCUT2D eigenvalue weighted by Crippen LogP contribution is 2.32. The number of hydrogen-bond donors (Lipinski definition) is 2. The molecule has 7 heteroatoms. The summed E-state index contributed by atoms with van der Waals surface area (Å²) >= 11 is 12.3. The molecule has 5 nitrogen and oxygen atoms in total. The van der Waals surface area contributed by atoms with Gasteiger partial charge < -0.3 is 15.4 Å². The van der Waals surface area contributed by atoms with Crippen LogP contribution in [0.15, 0.2) is 60.8 Å². The van der Waals surface area contributed by atoms with Crippen LogP contribution in [0.5, 0.6) is 5.75 Å². The molecule has 2 N–H and O–H groups in total. The van der Waals surface area contributed by atoms with Crippen LogP contribution in [0, 0.1) is 0 Å². The Morgan fingerprint density at radius 1 is 1.04 bits per heavy atom. The van der Waals surface area contributed by atoms with Crippen molar-refractivity contribution < 1.29 is 9.53 Å². The Bertz CT molecular complexity index is 927. The minimum Gasteiger partial charge on any atom is -0.495 e. The number of para-hydroxylation sites is 3. The molecule has 0 saturated heterocycles. The average molecular weight is 388 g/mol. The largest absolute Gasteiger partial charge is 0.495 e. The Labute approximate surface area is 160 Å². The molecule has 0 saturated carbocycles. The molecule has 0 aliphatic rings. The van der Waals surface area contributed by atoms with E-state index in [9.17, 15) is 4.79 Å². The Balaban J connectivity index is 1.82. The van der Waals surface area contributed by atoms with E-state index in [0.717, 1.165) is 0 Å². The number of methoxy groups -OCH3 is 1. The van der Waals surface area contributed by atoms with Crippen LogP contribution in [0.2, 0.25) is 10.0 Å². The van der Waals surface area contributed by atoms with Gasteiger partial charge in [0.1, 0.15) is 11.6 Å². The van der Waals surface area contributed by atoms with E-state index < -0.39 is 0 Å². The van der Waals surface area contributed by atoms with Gasteiger partial charge in [-0.15, -0.1) is 0 Å². The van der Waals surface area contributed by atoms with E-state index >= 15 is 0 Å². The Morgan fingerprint density at radius 2 is 1.77 bits per heavy atom. The zero-order chi connectivity index (χ0) is 18.5. The molecule has 132 valence electrons. The molecule has 1 amide bonds. The summed E-state index contributed by atoms with van der Waals surface area (Å²) in [6, 6.07) is 15.6. The number of amides is 1. The number of anilines is 3. The van der Waals surface area contributed by atoms with Crippen molar-refractivity contribution in [2.24, 2.45) is 0 Å². The molecule has 0 radical (unpaired) electrons. The highest BCUT2D eigenvalue weighted by atomic mass is 35.5. The van der Waals surface area contributed by atoms with E-state index in [1.807, 2.05) is 12.1 Å². The van der Waals surface area contributed by atoms with E-state index in [1.54, 1.807) is 49.6 Å². The van der Waals surface area contributed by atoms with Gasteiger partial charge in [0.25, 0.3) is 5.91 Å². The number of pyridine rings is 1. The molecule has 0 spiro atoms. The summed E-state index contributed by atoms with van der Waals surface area (Å²) in [4.78, 5) is 16.8. The summed E-state index contributed by atoms with van der Waals surface area (Å²) in [6.07, 6.45) is 1.53. The molecule has 0 aliphatic heterocycles. The predicted molar refractivity (Wildman–Crippen MR) is 105 cm³/mol. The maximum absolute atomic E-state index is 12.5. The van der Waals surface area contributed by atoms with Crippen LogP contribution < -0.4 is 15.4 Å². The Hall–Kier alpha value is -2.76. The second-order valence-corrected chi connectivity index (χ2v) is 6.12. The summed E-state index contributed by atoms with van der Waals surface area (Å²) < 4.78 is 5.24. The normalized spacial score (nSPS) is 10.3. The number of aromatic nitrogens is 1. The first-order valence-electron chi connectivity index (χ1n) is 7.70. The second-order valence-electron chi connectivity index (χ2n) is 5.31. The van der Waals surface area contributed by atoms with Crippen molar-refractivity contribution in [2.45, 2.75) is 0 Å². The maximum Gasteiger partial charge on any atom is 0.255 e. The molecule has 0 atom stereocenters. The quantitative estimate of drug-likeness (QED) is 0.615. The van der Waals surface area contributed by atoms with Gasteiger partial charge in [0, 0.05) is 11.8 Å². The van der Waals surface area contributed by atoms with E-state index in [2.05, 4.69) is 15.6 Å². The summed E-state index contributed by atoms with van der Waals surface area (Å²) in [6.45, 7) is 0. The Kier molecular flexibility index (Phi) is 5.61. The van der Waals surface area contributed by atoms with Crippen molar-refractivity contribution in [1.82, 2.24) is 4.98 Å². The van der Waals surface area contributed by atoms with Crippen molar-refractivity contribution in [3.05, 3.63) is 76.4 Å². The van der Waals surface area contributed by atoms with Crippen LogP contribution >= 0.6 is 23.2 Å².